The molecular formula is C19H25N3O. The van der Waals surface area contributed by atoms with Gasteiger partial charge in [0, 0.05) is 12.1 Å². The zero-order valence-corrected chi connectivity index (χ0v) is 13.7. The van der Waals surface area contributed by atoms with Crippen LogP contribution in [0.15, 0.2) is 47.3 Å². The maximum Gasteiger partial charge on any atom is 0.267 e. The van der Waals surface area contributed by atoms with Gasteiger partial charge in [-0.05, 0) is 57.2 Å². The molecule has 1 aromatic carbocycles. The van der Waals surface area contributed by atoms with Crippen molar-refractivity contribution >= 4 is 0 Å². The number of hydrogen-bond donors (Lipinski definition) is 1. The van der Waals surface area contributed by atoms with Gasteiger partial charge in [-0.2, -0.15) is 5.10 Å². The summed E-state index contributed by atoms with van der Waals surface area (Å²) in [5.41, 5.74) is 2.31. The van der Waals surface area contributed by atoms with Crippen LogP contribution in [-0.4, -0.2) is 22.4 Å². The van der Waals surface area contributed by atoms with Crippen molar-refractivity contribution < 1.29 is 0 Å². The van der Waals surface area contributed by atoms with Crippen LogP contribution < -0.4 is 10.9 Å². The molecule has 0 spiro atoms. The molecule has 0 unspecified atom stereocenters. The van der Waals surface area contributed by atoms with Crippen molar-refractivity contribution in [3.8, 4) is 0 Å². The third kappa shape index (κ3) is 4.29. The second-order valence-corrected chi connectivity index (χ2v) is 6.45. The van der Waals surface area contributed by atoms with E-state index in [1.165, 1.54) is 5.56 Å². The summed E-state index contributed by atoms with van der Waals surface area (Å²) in [6, 6.07) is 14.8. The van der Waals surface area contributed by atoms with Crippen LogP contribution in [-0.2, 0) is 6.42 Å². The predicted molar refractivity (Wildman–Crippen MR) is 92.7 cm³/mol. The van der Waals surface area contributed by atoms with Crippen LogP contribution in [0.5, 0.6) is 0 Å². The average molecular weight is 311 g/mol. The minimum Gasteiger partial charge on any atom is -0.314 e. The summed E-state index contributed by atoms with van der Waals surface area (Å²) in [5, 5.41) is 8.07. The van der Waals surface area contributed by atoms with E-state index in [9.17, 15) is 4.79 Å². The number of nitrogens with zero attached hydrogens (tertiary/aromatic N) is 2. The summed E-state index contributed by atoms with van der Waals surface area (Å²) < 4.78 is 1.69. The third-order valence-electron chi connectivity index (χ3n) is 4.69. The fourth-order valence-corrected chi connectivity index (χ4v) is 3.37. The molecule has 0 bridgehead atoms. The lowest BCUT2D eigenvalue weighted by atomic mass is 9.91. The van der Waals surface area contributed by atoms with Crippen LogP contribution >= 0.6 is 0 Å². The molecule has 0 amide bonds. The molecule has 1 heterocycles. The van der Waals surface area contributed by atoms with Gasteiger partial charge in [-0.15, -0.1) is 0 Å². The van der Waals surface area contributed by atoms with Gasteiger partial charge in [0.2, 0.25) is 0 Å². The van der Waals surface area contributed by atoms with E-state index in [1.807, 2.05) is 6.92 Å². The molecule has 1 fully saturated rings. The third-order valence-corrected chi connectivity index (χ3v) is 4.69. The van der Waals surface area contributed by atoms with E-state index < -0.39 is 0 Å². The zero-order valence-electron chi connectivity index (χ0n) is 13.7. The lowest BCUT2D eigenvalue weighted by Gasteiger charge is -2.29. The van der Waals surface area contributed by atoms with Gasteiger partial charge in [-0.3, -0.25) is 4.79 Å². The van der Waals surface area contributed by atoms with Crippen molar-refractivity contribution in [3.05, 3.63) is 64.1 Å². The summed E-state index contributed by atoms with van der Waals surface area (Å²) in [7, 11) is 0. The van der Waals surface area contributed by atoms with Gasteiger partial charge in [0.05, 0.1) is 11.7 Å². The SMILES string of the molecule is Cc1ccc(=O)n(C2CCC(NCCc3ccccc3)CC2)n1. The molecule has 23 heavy (non-hydrogen) atoms. The molecular weight excluding hydrogens is 286 g/mol. The molecule has 0 atom stereocenters. The average Bonchev–Trinajstić information content (AvgIpc) is 2.59. The number of rotatable bonds is 5. The molecule has 2 aromatic rings. The van der Waals surface area contributed by atoms with Gasteiger partial charge < -0.3 is 5.32 Å². The van der Waals surface area contributed by atoms with E-state index >= 15 is 0 Å². The molecule has 1 saturated carbocycles. The second-order valence-electron chi connectivity index (χ2n) is 6.45. The topological polar surface area (TPSA) is 46.9 Å². The Kier molecular flexibility index (Phi) is 5.23. The molecule has 1 N–H and O–H groups in total. The van der Waals surface area contributed by atoms with Crippen molar-refractivity contribution in [2.75, 3.05) is 6.54 Å². The summed E-state index contributed by atoms with van der Waals surface area (Å²) in [5.74, 6) is 0. The first-order valence-electron chi connectivity index (χ1n) is 8.56. The number of aromatic nitrogens is 2. The van der Waals surface area contributed by atoms with E-state index in [1.54, 1.807) is 16.8 Å². The first-order chi connectivity index (χ1) is 11.2. The van der Waals surface area contributed by atoms with Crippen molar-refractivity contribution in [3.63, 3.8) is 0 Å². The van der Waals surface area contributed by atoms with Crippen LogP contribution in [0.3, 0.4) is 0 Å². The standard InChI is InChI=1S/C19H25N3O/c1-15-7-12-19(23)22(21-15)18-10-8-17(9-11-18)20-14-13-16-5-3-2-4-6-16/h2-7,12,17-18,20H,8-11,13-14H2,1H3. The number of hydrogen-bond acceptors (Lipinski definition) is 3. The van der Waals surface area contributed by atoms with Crippen LogP contribution in [0.2, 0.25) is 0 Å². The number of benzene rings is 1. The lowest BCUT2D eigenvalue weighted by Crippen LogP contribution is -2.37. The number of aryl methyl sites for hydroxylation is 1. The van der Waals surface area contributed by atoms with Gasteiger partial charge >= 0.3 is 0 Å². The molecule has 122 valence electrons. The maximum absolute atomic E-state index is 12.0. The highest BCUT2D eigenvalue weighted by atomic mass is 16.1. The largest absolute Gasteiger partial charge is 0.314 e. The summed E-state index contributed by atoms with van der Waals surface area (Å²) >= 11 is 0. The van der Waals surface area contributed by atoms with Crippen molar-refractivity contribution in [2.45, 2.75) is 51.1 Å². The molecule has 4 heteroatoms. The highest BCUT2D eigenvalue weighted by Gasteiger charge is 2.23. The monoisotopic (exact) mass is 311 g/mol. The Balaban J connectivity index is 1.47. The van der Waals surface area contributed by atoms with E-state index in [2.05, 4.69) is 40.7 Å². The van der Waals surface area contributed by atoms with Crippen LogP contribution in [0.25, 0.3) is 0 Å². The molecule has 1 aliphatic rings. The Labute approximate surface area is 137 Å². The highest BCUT2D eigenvalue weighted by molar-refractivity contribution is 5.14. The Morgan fingerprint density at radius 1 is 1.09 bits per heavy atom. The van der Waals surface area contributed by atoms with Gasteiger partial charge in [0.25, 0.3) is 5.56 Å². The lowest BCUT2D eigenvalue weighted by molar-refractivity contribution is 0.269. The molecule has 1 aliphatic carbocycles. The zero-order chi connectivity index (χ0) is 16.1. The Hall–Kier alpha value is -1.94. The van der Waals surface area contributed by atoms with Crippen molar-refractivity contribution in [1.29, 1.82) is 0 Å². The Morgan fingerprint density at radius 3 is 2.57 bits per heavy atom. The molecule has 0 radical (unpaired) electrons. The smallest absolute Gasteiger partial charge is 0.267 e. The van der Waals surface area contributed by atoms with Crippen molar-refractivity contribution in [1.82, 2.24) is 15.1 Å². The summed E-state index contributed by atoms with van der Waals surface area (Å²) in [4.78, 5) is 12.0. The minimum atomic E-state index is 0.0242. The Morgan fingerprint density at radius 2 is 1.83 bits per heavy atom. The normalized spacial score (nSPS) is 21.3. The van der Waals surface area contributed by atoms with Crippen LogP contribution in [0, 0.1) is 6.92 Å². The van der Waals surface area contributed by atoms with Gasteiger partial charge in [-0.25, -0.2) is 4.68 Å². The molecule has 3 rings (SSSR count). The van der Waals surface area contributed by atoms with E-state index in [0.717, 1.165) is 44.3 Å². The molecule has 4 nitrogen and oxygen atoms in total. The fraction of sp³-hybridized carbons (Fsp3) is 0.474. The maximum atomic E-state index is 12.0. The second kappa shape index (κ2) is 7.55. The Bertz CT molecular complexity index is 673. The minimum absolute atomic E-state index is 0.0242. The van der Waals surface area contributed by atoms with Crippen LogP contribution in [0.4, 0.5) is 0 Å². The van der Waals surface area contributed by atoms with E-state index in [0.29, 0.717) is 6.04 Å². The van der Waals surface area contributed by atoms with Gasteiger partial charge in [0.1, 0.15) is 0 Å². The molecule has 0 aliphatic heterocycles. The van der Waals surface area contributed by atoms with Crippen LogP contribution in [0.1, 0.15) is 43.0 Å². The van der Waals surface area contributed by atoms with E-state index in [4.69, 9.17) is 0 Å². The summed E-state index contributed by atoms with van der Waals surface area (Å²) in [6.45, 7) is 2.95. The predicted octanol–water partition coefficient (Wildman–Crippen LogP) is 2.87. The van der Waals surface area contributed by atoms with Gasteiger partial charge in [0.15, 0.2) is 0 Å². The first kappa shape index (κ1) is 15.9. The van der Waals surface area contributed by atoms with Gasteiger partial charge in [-0.1, -0.05) is 30.3 Å². The molecule has 0 saturated heterocycles. The first-order valence-corrected chi connectivity index (χ1v) is 8.56. The van der Waals surface area contributed by atoms with Crippen molar-refractivity contribution in [2.24, 2.45) is 0 Å². The highest BCUT2D eigenvalue weighted by Crippen LogP contribution is 2.26. The van der Waals surface area contributed by atoms with E-state index in [-0.39, 0.29) is 11.6 Å². The quantitative estimate of drug-likeness (QED) is 0.923. The number of nitrogens with one attached hydrogen (secondary N) is 1. The summed E-state index contributed by atoms with van der Waals surface area (Å²) in [6.07, 6.45) is 5.35. The molecule has 1 aromatic heterocycles. The fourth-order valence-electron chi connectivity index (χ4n) is 3.37.